The summed E-state index contributed by atoms with van der Waals surface area (Å²) in [5, 5.41) is 8.75. The van der Waals surface area contributed by atoms with E-state index in [2.05, 4.69) is 25.6 Å². The number of benzene rings is 1. The van der Waals surface area contributed by atoms with Crippen molar-refractivity contribution < 1.29 is 4.79 Å². The molecular weight excluding hydrogens is 386 g/mol. The maximum Gasteiger partial charge on any atom is 0.271 e. The molecule has 152 valence electrons. The van der Waals surface area contributed by atoms with Gasteiger partial charge in [0.1, 0.15) is 11.5 Å². The van der Waals surface area contributed by atoms with Crippen LogP contribution in [0.5, 0.6) is 0 Å². The summed E-state index contributed by atoms with van der Waals surface area (Å²) in [5.74, 6) is 0.656. The minimum atomic E-state index is -0.243. The van der Waals surface area contributed by atoms with Crippen molar-refractivity contribution in [1.82, 2.24) is 25.6 Å². The number of para-hydroxylation sites is 2. The number of H-pyrrole nitrogens is 1. The molecular formula is C20H25N7OS. The largest absolute Gasteiger partial charge is 0.402 e. The first-order valence-corrected chi connectivity index (χ1v) is 10.1. The number of hydrogen-bond acceptors (Lipinski definition) is 7. The number of carbonyl (C=O) groups excluding carboxylic acids is 1. The Labute approximate surface area is 173 Å². The van der Waals surface area contributed by atoms with Crippen LogP contribution >= 0.6 is 11.3 Å². The Morgan fingerprint density at radius 3 is 2.86 bits per heavy atom. The molecule has 0 saturated carbocycles. The summed E-state index contributed by atoms with van der Waals surface area (Å²) in [6.07, 6.45) is 4.11. The Morgan fingerprint density at radius 2 is 2.07 bits per heavy atom. The molecule has 9 heteroatoms. The maximum absolute atomic E-state index is 12.2. The number of imidazole rings is 1. The molecule has 1 amide bonds. The number of nitrogens with two attached hydrogens (primary N) is 2. The van der Waals surface area contributed by atoms with Crippen molar-refractivity contribution in [3.8, 4) is 0 Å². The molecule has 0 spiro atoms. The third-order valence-corrected chi connectivity index (χ3v) is 4.95. The van der Waals surface area contributed by atoms with E-state index < -0.39 is 0 Å². The summed E-state index contributed by atoms with van der Waals surface area (Å²) < 4.78 is 0. The van der Waals surface area contributed by atoms with Crippen LogP contribution in [0.25, 0.3) is 11.0 Å². The number of hydrogen-bond donors (Lipinski definition) is 5. The van der Waals surface area contributed by atoms with Gasteiger partial charge in [-0.2, -0.15) is 0 Å². The summed E-state index contributed by atoms with van der Waals surface area (Å²) in [7, 11) is 0. The van der Waals surface area contributed by atoms with Gasteiger partial charge in [0.2, 0.25) is 0 Å². The molecule has 2 aromatic heterocycles. The Morgan fingerprint density at radius 1 is 1.24 bits per heavy atom. The van der Waals surface area contributed by atoms with E-state index in [1.807, 2.05) is 24.3 Å². The highest BCUT2D eigenvalue weighted by atomic mass is 32.1. The van der Waals surface area contributed by atoms with Gasteiger partial charge >= 0.3 is 0 Å². The highest BCUT2D eigenvalue weighted by Gasteiger charge is 2.10. The van der Waals surface area contributed by atoms with E-state index in [4.69, 9.17) is 11.5 Å². The third-order valence-electron chi connectivity index (χ3n) is 4.04. The molecule has 0 saturated heterocycles. The molecule has 29 heavy (non-hydrogen) atoms. The Hall–Kier alpha value is -3.17. The lowest BCUT2D eigenvalue weighted by molar-refractivity contribution is 0.0952. The van der Waals surface area contributed by atoms with E-state index in [9.17, 15) is 4.79 Å². The van der Waals surface area contributed by atoms with E-state index in [1.54, 1.807) is 24.5 Å². The van der Waals surface area contributed by atoms with Gasteiger partial charge in [-0.15, -0.1) is 11.3 Å². The number of rotatable bonds is 9. The topological polar surface area (TPSA) is 135 Å². The van der Waals surface area contributed by atoms with Crippen molar-refractivity contribution in [3.63, 3.8) is 0 Å². The summed E-state index contributed by atoms with van der Waals surface area (Å²) >= 11 is 1.47. The number of allylic oxidation sites excluding steroid dienone is 3. The Balaban J connectivity index is 1.42. The smallest absolute Gasteiger partial charge is 0.271 e. The highest BCUT2D eigenvalue weighted by Crippen LogP contribution is 2.11. The van der Waals surface area contributed by atoms with Crippen molar-refractivity contribution in [2.24, 2.45) is 11.5 Å². The average Bonchev–Trinajstić information content (AvgIpc) is 3.34. The van der Waals surface area contributed by atoms with Crippen LogP contribution in [0.4, 0.5) is 0 Å². The SMILES string of the molecule is C/C(N)=C/C=C(\N)CNC(=O)c1csc(CCNCc2nc3ccccc3[nH]2)n1. The molecule has 0 aliphatic rings. The number of thiazole rings is 1. The molecule has 3 aromatic rings. The van der Waals surface area contributed by atoms with Crippen molar-refractivity contribution in [3.05, 3.63) is 69.7 Å². The zero-order valence-electron chi connectivity index (χ0n) is 16.2. The molecule has 3 rings (SSSR count). The summed E-state index contributed by atoms with van der Waals surface area (Å²) in [4.78, 5) is 24.4. The summed E-state index contributed by atoms with van der Waals surface area (Å²) in [6.45, 7) is 3.40. The molecule has 0 aliphatic carbocycles. The quantitative estimate of drug-likeness (QED) is 0.269. The summed E-state index contributed by atoms with van der Waals surface area (Å²) in [5.41, 5.74) is 14.9. The number of amides is 1. The molecule has 2 heterocycles. The van der Waals surface area contributed by atoms with Crippen LogP contribution in [0.3, 0.4) is 0 Å². The van der Waals surface area contributed by atoms with Crippen LogP contribution in [0.15, 0.2) is 53.2 Å². The van der Waals surface area contributed by atoms with Crippen LogP contribution < -0.4 is 22.1 Å². The zero-order valence-corrected chi connectivity index (χ0v) is 17.1. The van der Waals surface area contributed by atoms with Crippen LogP contribution in [0.2, 0.25) is 0 Å². The highest BCUT2D eigenvalue weighted by molar-refractivity contribution is 7.09. The maximum atomic E-state index is 12.2. The standard InChI is InChI=1S/C20H25N7OS/c1-13(21)6-7-14(22)10-24-20(28)17-12-29-19(27-17)8-9-23-11-18-25-15-4-2-3-5-16(15)26-18/h2-7,12,23H,8-11,21-22H2,1H3,(H,24,28)(H,25,26)/b13-6-,14-7-. The van der Waals surface area contributed by atoms with Crippen molar-refractivity contribution in [2.45, 2.75) is 19.9 Å². The monoisotopic (exact) mass is 411 g/mol. The fraction of sp³-hybridized carbons (Fsp3) is 0.250. The second kappa shape index (κ2) is 9.85. The van der Waals surface area contributed by atoms with E-state index in [0.29, 0.717) is 23.6 Å². The fourth-order valence-corrected chi connectivity index (χ4v) is 3.37. The Kier molecular flexibility index (Phi) is 6.99. The predicted molar refractivity (Wildman–Crippen MR) is 116 cm³/mol. The second-order valence-electron chi connectivity index (χ2n) is 6.59. The number of aromatic amines is 1. The normalized spacial score (nSPS) is 12.4. The second-order valence-corrected chi connectivity index (χ2v) is 7.53. The number of fused-ring (bicyclic) bond motifs is 1. The average molecular weight is 412 g/mol. The molecule has 1 aromatic carbocycles. The number of nitrogens with one attached hydrogen (secondary N) is 3. The predicted octanol–water partition coefficient (Wildman–Crippen LogP) is 1.79. The van der Waals surface area contributed by atoms with Gasteiger partial charge in [0, 0.05) is 29.7 Å². The number of nitrogens with zero attached hydrogens (tertiary/aromatic N) is 2. The molecule has 0 fully saturated rings. The van der Waals surface area contributed by atoms with Gasteiger partial charge in [0.05, 0.1) is 29.1 Å². The van der Waals surface area contributed by atoms with Gasteiger partial charge in [-0.05, 0) is 31.2 Å². The van der Waals surface area contributed by atoms with Crippen LogP contribution in [0, 0.1) is 0 Å². The van der Waals surface area contributed by atoms with E-state index in [1.165, 1.54) is 11.3 Å². The lowest BCUT2D eigenvalue weighted by atomic mass is 10.3. The first-order chi connectivity index (χ1) is 14.0. The lowest BCUT2D eigenvalue weighted by Gasteiger charge is -2.03. The van der Waals surface area contributed by atoms with Gasteiger partial charge in [-0.25, -0.2) is 9.97 Å². The van der Waals surface area contributed by atoms with Gasteiger partial charge in [0.25, 0.3) is 5.91 Å². The lowest BCUT2D eigenvalue weighted by Crippen LogP contribution is -2.28. The number of aromatic nitrogens is 3. The zero-order chi connectivity index (χ0) is 20.6. The van der Waals surface area contributed by atoms with Crippen molar-refractivity contribution in [2.75, 3.05) is 13.1 Å². The minimum absolute atomic E-state index is 0.243. The molecule has 7 N–H and O–H groups in total. The van der Waals surface area contributed by atoms with Crippen LogP contribution in [0.1, 0.15) is 28.2 Å². The van der Waals surface area contributed by atoms with Gasteiger partial charge in [0.15, 0.2) is 0 Å². The molecule has 0 aliphatic heterocycles. The van der Waals surface area contributed by atoms with E-state index in [0.717, 1.165) is 34.8 Å². The van der Waals surface area contributed by atoms with Gasteiger partial charge < -0.3 is 27.1 Å². The van der Waals surface area contributed by atoms with E-state index in [-0.39, 0.29) is 12.5 Å². The Bertz CT molecular complexity index is 997. The van der Waals surface area contributed by atoms with Crippen LogP contribution in [-0.2, 0) is 13.0 Å². The molecule has 0 bridgehead atoms. The van der Waals surface area contributed by atoms with E-state index >= 15 is 0 Å². The molecule has 0 unspecified atom stereocenters. The molecule has 0 atom stereocenters. The fourth-order valence-electron chi connectivity index (χ4n) is 2.59. The number of carbonyl (C=O) groups is 1. The van der Waals surface area contributed by atoms with Crippen molar-refractivity contribution >= 4 is 28.3 Å². The van der Waals surface area contributed by atoms with Crippen molar-refractivity contribution in [1.29, 1.82) is 0 Å². The minimum Gasteiger partial charge on any atom is -0.402 e. The molecule has 8 nitrogen and oxygen atoms in total. The first kappa shape index (κ1) is 20.6. The van der Waals surface area contributed by atoms with Crippen LogP contribution in [-0.4, -0.2) is 33.9 Å². The van der Waals surface area contributed by atoms with Gasteiger partial charge in [-0.3, -0.25) is 4.79 Å². The summed E-state index contributed by atoms with van der Waals surface area (Å²) in [6, 6.07) is 7.94. The van der Waals surface area contributed by atoms with Gasteiger partial charge in [-0.1, -0.05) is 12.1 Å². The molecule has 0 radical (unpaired) electrons. The first-order valence-electron chi connectivity index (χ1n) is 9.26. The third kappa shape index (κ3) is 6.16.